The Morgan fingerprint density at radius 1 is 1.10 bits per heavy atom. The number of nitrogens with zero attached hydrogens (tertiary/aromatic N) is 1. The summed E-state index contributed by atoms with van der Waals surface area (Å²) in [7, 11) is 0. The second kappa shape index (κ2) is 5.22. The van der Waals surface area contributed by atoms with Crippen LogP contribution in [0.1, 0.15) is 5.69 Å². The fourth-order valence-electron chi connectivity index (χ4n) is 2.22. The lowest BCUT2D eigenvalue weighted by Gasteiger charge is -2.12. The van der Waals surface area contributed by atoms with E-state index in [0.29, 0.717) is 16.4 Å². The van der Waals surface area contributed by atoms with Gasteiger partial charge in [0.25, 0.3) is 0 Å². The molecule has 0 saturated heterocycles. The van der Waals surface area contributed by atoms with Gasteiger partial charge < -0.3 is 11.1 Å². The minimum atomic E-state index is -0.370. The Morgan fingerprint density at radius 3 is 2.71 bits per heavy atom. The van der Waals surface area contributed by atoms with Gasteiger partial charge in [-0.25, -0.2) is 4.39 Å². The normalized spacial score (nSPS) is 10.8. The zero-order valence-corrected chi connectivity index (χ0v) is 12.1. The Hall–Kier alpha value is -2.33. The van der Waals surface area contributed by atoms with Crippen LogP contribution in [0, 0.1) is 12.7 Å². The summed E-state index contributed by atoms with van der Waals surface area (Å²) in [6, 6.07) is 11.7. The van der Waals surface area contributed by atoms with Crippen molar-refractivity contribution in [1.29, 1.82) is 0 Å². The lowest BCUT2D eigenvalue weighted by atomic mass is 10.1. The Bertz CT molecular complexity index is 833. The summed E-state index contributed by atoms with van der Waals surface area (Å²) in [5.74, 6) is -0.370. The predicted molar refractivity (Wildman–Crippen MR) is 85.6 cm³/mol. The van der Waals surface area contributed by atoms with E-state index >= 15 is 0 Å². The summed E-state index contributed by atoms with van der Waals surface area (Å²) >= 11 is 5.92. The number of halogens is 2. The van der Waals surface area contributed by atoms with Crippen LogP contribution in [0.15, 0.2) is 42.5 Å². The van der Waals surface area contributed by atoms with Gasteiger partial charge in [-0.2, -0.15) is 0 Å². The number of benzene rings is 2. The smallest absolute Gasteiger partial charge is 0.146 e. The van der Waals surface area contributed by atoms with Crippen LogP contribution < -0.4 is 11.1 Å². The molecule has 5 heteroatoms. The largest absolute Gasteiger partial charge is 0.399 e. The molecule has 1 heterocycles. The molecule has 0 unspecified atom stereocenters. The molecule has 0 aliphatic carbocycles. The highest BCUT2D eigenvalue weighted by molar-refractivity contribution is 6.30. The highest BCUT2D eigenvalue weighted by Gasteiger charge is 2.08. The van der Waals surface area contributed by atoms with E-state index in [1.807, 2.05) is 25.1 Å². The molecular weight excluding hydrogens is 289 g/mol. The third-order valence-corrected chi connectivity index (χ3v) is 3.39. The summed E-state index contributed by atoms with van der Waals surface area (Å²) in [5.41, 5.74) is 9.14. The molecule has 3 N–H and O–H groups in total. The van der Waals surface area contributed by atoms with Crippen LogP contribution in [-0.4, -0.2) is 4.98 Å². The molecule has 0 bridgehead atoms. The number of nitrogen functional groups attached to an aromatic ring is 1. The number of aryl methyl sites for hydroxylation is 1. The Balaban J connectivity index is 2.15. The summed E-state index contributed by atoms with van der Waals surface area (Å²) < 4.78 is 13.9. The van der Waals surface area contributed by atoms with Gasteiger partial charge in [-0.1, -0.05) is 11.6 Å². The Morgan fingerprint density at radius 2 is 1.90 bits per heavy atom. The minimum Gasteiger partial charge on any atom is -0.399 e. The molecule has 2 aromatic carbocycles. The number of anilines is 3. The number of aromatic nitrogens is 1. The van der Waals surface area contributed by atoms with Gasteiger partial charge in [0, 0.05) is 27.5 Å². The molecule has 3 nitrogen and oxygen atoms in total. The molecule has 0 aliphatic rings. The molecule has 0 fully saturated rings. The number of hydrogen-bond acceptors (Lipinski definition) is 3. The van der Waals surface area contributed by atoms with Crippen molar-refractivity contribution in [2.24, 2.45) is 0 Å². The standard InChI is InChI=1S/C16H13ClFN3/c1-9-6-15(12-8-11(19)3-5-14(12)20-9)21-16-7-10(17)2-4-13(16)18/h2-8H,19H2,1H3,(H,20,21). The van der Waals surface area contributed by atoms with Gasteiger partial charge in [-0.15, -0.1) is 0 Å². The molecule has 0 spiro atoms. The van der Waals surface area contributed by atoms with Crippen LogP contribution >= 0.6 is 11.6 Å². The van der Waals surface area contributed by atoms with Crippen molar-refractivity contribution >= 4 is 39.6 Å². The number of rotatable bonds is 2. The topological polar surface area (TPSA) is 50.9 Å². The van der Waals surface area contributed by atoms with Crippen LogP contribution in [-0.2, 0) is 0 Å². The lowest BCUT2D eigenvalue weighted by Crippen LogP contribution is -1.97. The van der Waals surface area contributed by atoms with Crippen LogP contribution in [0.3, 0.4) is 0 Å². The summed E-state index contributed by atoms with van der Waals surface area (Å²) in [4.78, 5) is 4.44. The molecule has 0 atom stereocenters. The zero-order valence-electron chi connectivity index (χ0n) is 11.3. The predicted octanol–water partition coefficient (Wildman–Crippen LogP) is 4.66. The first-order chi connectivity index (χ1) is 10.0. The maximum absolute atomic E-state index is 13.9. The third kappa shape index (κ3) is 2.76. The van der Waals surface area contributed by atoms with Crippen molar-refractivity contribution in [3.05, 3.63) is 59.0 Å². The van der Waals surface area contributed by atoms with Gasteiger partial charge >= 0.3 is 0 Å². The van der Waals surface area contributed by atoms with E-state index in [4.69, 9.17) is 17.3 Å². The van der Waals surface area contributed by atoms with Crippen molar-refractivity contribution in [3.8, 4) is 0 Å². The van der Waals surface area contributed by atoms with Crippen LogP contribution in [0.25, 0.3) is 10.9 Å². The van der Waals surface area contributed by atoms with E-state index in [-0.39, 0.29) is 5.82 Å². The Kier molecular flexibility index (Phi) is 3.39. The first-order valence-electron chi connectivity index (χ1n) is 6.42. The second-order valence-electron chi connectivity index (χ2n) is 4.84. The molecule has 3 aromatic rings. The minimum absolute atomic E-state index is 0.317. The van der Waals surface area contributed by atoms with Gasteiger partial charge in [0.1, 0.15) is 5.82 Å². The van der Waals surface area contributed by atoms with E-state index < -0.39 is 0 Å². The third-order valence-electron chi connectivity index (χ3n) is 3.16. The van der Waals surface area contributed by atoms with Crippen molar-refractivity contribution in [1.82, 2.24) is 4.98 Å². The maximum Gasteiger partial charge on any atom is 0.146 e. The van der Waals surface area contributed by atoms with Crippen molar-refractivity contribution in [2.45, 2.75) is 6.92 Å². The van der Waals surface area contributed by atoms with Crippen LogP contribution in [0.2, 0.25) is 5.02 Å². The molecule has 0 radical (unpaired) electrons. The monoisotopic (exact) mass is 301 g/mol. The summed E-state index contributed by atoms with van der Waals surface area (Å²) in [6.45, 7) is 1.88. The van der Waals surface area contributed by atoms with Gasteiger partial charge in [-0.05, 0) is 49.4 Å². The van der Waals surface area contributed by atoms with Gasteiger partial charge in [0.2, 0.25) is 0 Å². The molecule has 1 aromatic heterocycles. The van der Waals surface area contributed by atoms with E-state index in [1.165, 1.54) is 12.1 Å². The van der Waals surface area contributed by atoms with Crippen LogP contribution in [0.5, 0.6) is 0 Å². The van der Waals surface area contributed by atoms with Crippen LogP contribution in [0.4, 0.5) is 21.5 Å². The zero-order chi connectivity index (χ0) is 15.0. The second-order valence-corrected chi connectivity index (χ2v) is 5.27. The fourth-order valence-corrected chi connectivity index (χ4v) is 2.39. The SMILES string of the molecule is Cc1cc(Nc2cc(Cl)ccc2F)c2cc(N)ccc2n1. The van der Waals surface area contributed by atoms with Crippen molar-refractivity contribution < 1.29 is 4.39 Å². The van der Waals surface area contributed by atoms with E-state index in [2.05, 4.69) is 10.3 Å². The highest BCUT2D eigenvalue weighted by atomic mass is 35.5. The number of pyridine rings is 1. The first kappa shape index (κ1) is 13.6. The summed E-state index contributed by atoms with van der Waals surface area (Å²) in [5, 5.41) is 4.37. The highest BCUT2D eigenvalue weighted by Crippen LogP contribution is 2.30. The fraction of sp³-hybridized carbons (Fsp3) is 0.0625. The number of nitrogens with one attached hydrogen (secondary N) is 1. The first-order valence-corrected chi connectivity index (χ1v) is 6.80. The van der Waals surface area contributed by atoms with Crippen molar-refractivity contribution in [3.63, 3.8) is 0 Å². The van der Waals surface area contributed by atoms with Gasteiger partial charge in [-0.3, -0.25) is 4.98 Å². The molecule has 21 heavy (non-hydrogen) atoms. The molecule has 0 saturated carbocycles. The van der Waals surface area contributed by atoms with E-state index in [9.17, 15) is 4.39 Å². The average molecular weight is 302 g/mol. The van der Waals surface area contributed by atoms with E-state index in [0.717, 1.165) is 22.3 Å². The van der Waals surface area contributed by atoms with Crippen molar-refractivity contribution in [2.75, 3.05) is 11.1 Å². The lowest BCUT2D eigenvalue weighted by molar-refractivity contribution is 0.632. The number of fused-ring (bicyclic) bond motifs is 1. The Labute approximate surface area is 126 Å². The van der Waals surface area contributed by atoms with Gasteiger partial charge in [0.05, 0.1) is 11.2 Å². The molecule has 0 aliphatic heterocycles. The average Bonchev–Trinajstić information content (AvgIpc) is 2.43. The molecule has 106 valence electrons. The quantitative estimate of drug-likeness (QED) is 0.677. The van der Waals surface area contributed by atoms with E-state index in [1.54, 1.807) is 12.1 Å². The molecule has 3 rings (SSSR count). The maximum atomic E-state index is 13.9. The summed E-state index contributed by atoms with van der Waals surface area (Å²) in [6.07, 6.45) is 0. The van der Waals surface area contributed by atoms with Gasteiger partial charge in [0.15, 0.2) is 0 Å². The molecule has 0 amide bonds. The molecular formula is C16H13ClFN3. The number of nitrogens with two attached hydrogens (primary N) is 1. The number of hydrogen-bond donors (Lipinski definition) is 2.